The summed E-state index contributed by atoms with van der Waals surface area (Å²) in [7, 11) is 0. The Morgan fingerprint density at radius 3 is 2.44 bits per heavy atom. The van der Waals surface area contributed by atoms with Crippen molar-refractivity contribution in [3.8, 4) is 0 Å². The Bertz CT molecular complexity index is 746. The molecule has 0 heterocycles. The fourth-order valence-corrected chi connectivity index (χ4v) is 2.19. The molecule has 0 saturated heterocycles. The fourth-order valence-electron chi connectivity index (χ4n) is 2.19. The number of ether oxygens (including phenoxy) is 1. The van der Waals surface area contributed by atoms with E-state index in [1.54, 1.807) is 12.1 Å². The zero-order chi connectivity index (χ0) is 18.1. The number of hydrogen-bond donors (Lipinski definition) is 1. The first-order valence-corrected chi connectivity index (χ1v) is 7.75. The second kappa shape index (κ2) is 9.17. The molecule has 2 aromatic carbocycles. The molecule has 7 nitrogen and oxygen atoms in total. The maximum atomic E-state index is 11.8. The summed E-state index contributed by atoms with van der Waals surface area (Å²) < 4.78 is 5.02. The summed E-state index contributed by atoms with van der Waals surface area (Å²) in [5, 5.41) is 13.5. The predicted octanol–water partition coefficient (Wildman–Crippen LogP) is 2.39. The second-order valence-electron chi connectivity index (χ2n) is 5.31. The lowest BCUT2D eigenvalue weighted by atomic mass is 10.1. The Labute approximate surface area is 144 Å². The third-order valence-corrected chi connectivity index (χ3v) is 3.44. The molecule has 2 aromatic rings. The molecule has 0 unspecified atom stereocenters. The van der Waals surface area contributed by atoms with Gasteiger partial charge in [0.15, 0.2) is 0 Å². The van der Waals surface area contributed by atoms with Gasteiger partial charge >= 0.3 is 5.97 Å². The van der Waals surface area contributed by atoms with Crippen LogP contribution in [0.4, 0.5) is 5.69 Å². The summed E-state index contributed by atoms with van der Waals surface area (Å²) in [4.78, 5) is 33.8. The van der Waals surface area contributed by atoms with Gasteiger partial charge in [0.1, 0.15) is 6.61 Å². The van der Waals surface area contributed by atoms with E-state index >= 15 is 0 Å². The number of amides is 1. The topological polar surface area (TPSA) is 98.5 Å². The number of rotatable bonds is 8. The van der Waals surface area contributed by atoms with Crippen molar-refractivity contribution in [2.75, 3.05) is 6.54 Å². The van der Waals surface area contributed by atoms with Crippen LogP contribution in [0.3, 0.4) is 0 Å². The molecular weight excluding hydrogens is 324 g/mol. The van der Waals surface area contributed by atoms with Gasteiger partial charge in [0.2, 0.25) is 5.91 Å². The monoisotopic (exact) mass is 342 g/mol. The number of esters is 1. The van der Waals surface area contributed by atoms with E-state index in [0.29, 0.717) is 5.56 Å². The molecule has 0 radical (unpaired) electrons. The van der Waals surface area contributed by atoms with Crippen LogP contribution in [-0.2, 0) is 27.4 Å². The van der Waals surface area contributed by atoms with Gasteiger partial charge in [0.25, 0.3) is 5.69 Å². The molecule has 7 heteroatoms. The maximum absolute atomic E-state index is 11.8. The molecule has 1 amide bonds. The molecule has 0 atom stereocenters. The third-order valence-electron chi connectivity index (χ3n) is 3.44. The molecule has 1 N–H and O–H groups in total. The summed E-state index contributed by atoms with van der Waals surface area (Å²) in [6.45, 7) is -0.0185. The quantitative estimate of drug-likeness (QED) is 0.451. The average Bonchev–Trinajstić information content (AvgIpc) is 2.61. The summed E-state index contributed by atoms with van der Waals surface area (Å²) in [5.74, 6) is -0.712. The standard InChI is InChI=1S/C18H18N2O5/c21-17(12-14-6-2-1-3-7-14)19-11-10-18(22)25-13-15-8-4-5-9-16(15)20(23)24/h1-9H,10-13H2,(H,19,21). The van der Waals surface area contributed by atoms with Gasteiger partial charge in [-0.15, -0.1) is 0 Å². The van der Waals surface area contributed by atoms with Crippen molar-refractivity contribution < 1.29 is 19.2 Å². The van der Waals surface area contributed by atoms with Crippen LogP contribution >= 0.6 is 0 Å². The van der Waals surface area contributed by atoms with E-state index in [1.807, 2.05) is 30.3 Å². The predicted molar refractivity (Wildman–Crippen MR) is 90.7 cm³/mol. The minimum absolute atomic E-state index is 0.00115. The largest absolute Gasteiger partial charge is 0.460 e. The third kappa shape index (κ3) is 6.06. The highest BCUT2D eigenvalue weighted by Gasteiger charge is 2.14. The smallest absolute Gasteiger partial charge is 0.307 e. The number of carbonyl (C=O) groups is 2. The average molecular weight is 342 g/mol. The van der Waals surface area contributed by atoms with Gasteiger partial charge in [-0.2, -0.15) is 0 Å². The van der Waals surface area contributed by atoms with Gasteiger partial charge in [0.05, 0.1) is 23.3 Å². The maximum Gasteiger partial charge on any atom is 0.307 e. The number of carbonyl (C=O) groups excluding carboxylic acids is 2. The molecule has 25 heavy (non-hydrogen) atoms. The number of para-hydroxylation sites is 1. The summed E-state index contributed by atoms with van der Waals surface area (Å²) in [6.07, 6.45) is 0.243. The summed E-state index contributed by atoms with van der Waals surface area (Å²) in [5.41, 5.74) is 1.12. The summed E-state index contributed by atoms with van der Waals surface area (Å²) in [6, 6.07) is 15.3. The van der Waals surface area contributed by atoms with E-state index in [2.05, 4.69) is 5.32 Å². The molecule has 0 aliphatic heterocycles. The van der Waals surface area contributed by atoms with Gasteiger partial charge in [-0.3, -0.25) is 19.7 Å². The molecule has 0 aromatic heterocycles. The van der Waals surface area contributed by atoms with Crippen LogP contribution in [0.25, 0.3) is 0 Å². The lowest BCUT2D eigenvalue weighted by Crippen LogP contribution is -2.27. The van der Waals surface area contributed by atoms with E-state index < -0.39 is 10.9 Å². The van der Waals surface area contributed by atoms with Crippen molar-refractivity contribution >= 4 is 17.6 Å². The van der Waals surface area contributed by atoms with E-state index in [4.69, 9.17) is 4.74 Å². The number of nitro benzene ring substituents is 1. The van der Waals surface area contributed by atoms with Gasteiger partial charge in [-0.05, 0) is 11.6 Å². The van der Waals surface area contributed by atoms with Crippen molar-refractivity contribution in [1.29, 1.82) is 0 Å². The Morgan fingerprint density at radius 2 is 1.72 bits per heavy atom. The zero-order valence-corrected chi connectivity index (χ0v) is 13.5. The molecule has 0 bridgehead atoms. The molecule has 130 valence electrons. The summed E-state index contributed by atoms with van der Waals surface area (Å²) >= 11 is 0. The Balaban J connectivity index is 1.71. The van der Waals surface area contributed by atoms with Crippen molar-refractivity contribution in [1.82, 2.24) is 5.32 Å². The first-order chi connectivity index (χ1) is 12.1. The zero-order valence-electron chi connectivity index (χ0n) is 13.5. The van der Waals surface area contributed by atoms with E-state index in [9.17, 15) is 19.7 Å². The Kier molecular flexibility index (Phi) is 6.65. The molecule has 0 aliphatic carbocycles. The highest BCUT2D eigenvalue weighted by atomic mass is 16.6. The molecular formula is C18H18N2O5. The molecule has 0 aliphatic rings. The Morgan fingerprint density at radius 1 is 1.04 bits per heavy atom. The van der Waals surface area contributed by atoms with Crippen LogP contribution in [0, 0.1) is 10.1 Å². The van der Waals surface area contributed by atoms with E-state index in [1.165, 1.54) is 12.1 Å². The highest BCUT2D eigenvalue weighted by Crippen LogP contribution is 2.18. The highest BCUT2D eigenvalue weighted by molar-refractivity contribution is 5.79. The van der Waals surface area contributed by atoms with Gasteiger partial charge in [-0.1, -0.05) is 42.5 Å². The van der Waals surface area contributed by atoms with Gasteiger partial charge in [0, 0.05) is 12.6 Å². The van der Waals surface area contributed by atoms with Crippen molar-refractivity contribution in [3.05, 3.63) is 75.8 Å². The van der Waals surface area contributed by atoms with Crippen LogP contribution < -0.4 is 5.32 Å². The lowest BCUT2D eigenvalue weighted by Gasteiger charge is -2.07. The SMILES string of the molecule is O=C(Cc1ccccc1)NCCC(=O)OCc1ccccc1[N+](=O)[O-]. The minimum Gasteiger partial charge on any atom is -0.460 e. The van der Waals surface area contributed by atoms with E-state index in [0.717, 1.165) is 5.56 Å². The van der Waals surface area contributed by atoms with Crippen LogP contribution in [0.2, 0.25) is 0 Å². The normalized spacial score (nSPS) is 10.1. The number of nitrogens with one attached hydrogen (secondary N) is 1. The van der Waals surface area contributed by atoms with Gasteiger partial charge < -0.3 is 10.1 Å². The van der Waals surface area contributed by atoms with Crippen LogP contribution in [-0.4, -0.2) is 23.3 Å². The van der Waals surface area contributed by atoms with Crippen LogP contribution in [0.5, 0.6) is 0 Å². The number of benzene rings is 2. The number of hydrogen-bond acceptors (Lipinski definition) is 5. The molecule has 0 spiro atoms. The molecule has 0 fully saturated rings. The lowest BCUT2D eigenvalue weighted by molar-refractivity contribution is -0.385. The van der Waals surface area contributed by atoms with Crippen molar-refractivity contribution in [2.24, 2.45) is 0 Å². The Hall–Kier alpha value is -3.22. The minimum atomic E-state index is -0.529. The van der Waals surface area contributed by atoms with Crippen molar-refractivity contribution in [2.45, 2.75) is 19.4 Å². The van der Waals surface area contributed by atoms with Gasteiger partial charge in [-0.25, -0.2) is 0 Å². The fraction of sp³-hybridized carbons (Fsp3) is 0.222. The molecule has 0 saturated carbocycles. The molecule has 2 rings (SSSR count). The van der Waals surface area contributed by atoms with Crippen molar-refractivity contribution in [3.63, 3.8) is 0 Å². The van der Waals surface area contributed by atoms with Crippen LogP contribution in [0.1, 0.15) is 17.5 Å². The first-order valence-electron chi connectivity index (χ1n) is 7.75. The van der Waals surface area contributed by atoms with E-state index in [-0.39, 0.29) is 37.6 Å². The second-order valence-corrected chi connectivity index (χ2v) is 5.31. The number of nitrogens with zero attached hydrogens (tertiary/aromatic N) is 1. The van der Waals surface area contributed by atoms with Crippen LogP contribution in [0.15, 0.2) is 54.6 Å². The number of nitro groups is 1. The first kappa shape index (κ1) is 18.1.